The predicted octanol–water partition coefficient (Wildman–Crippen LogP) is 0.652. The number of rotatable bonds is 8. The third-order valence-corrected chi connectivity index (χ3v) is 5.52. The van der Waals surface area contributed by atoms with Gasteiger partial charge in [-0.1, -0.05) is 13.8 Å². The summed E-state index contributed by atoms with van der Waals surface area (Å²) in [5, 5.41) is 0. The van der Waals surface area contributed by atoms with Crippen LogP contribution in [0, 0.1) is 5.92 Å². The Morgan fingerprint density at radius 2 is 1.85 bits per heavy atom. The van der Waals surface area contributed by atoms with Crippen LogP contribution in [0.4, 0.5) is 4.79 Å². The standard InChI is InChI=1S/C18H32N4O4/c1-13(2)5-8-22-17(25)21(11-15(19)23)16(24)18(22)6-9-20(10-7-18)14(3)12-26-4/h13-14H,5-12H2,1-4H3,(H2,19,23)/t14-/m0/s1. The quantitative estimate of drug-likeness (QED) is 0.635. The van der Waals surface area contributed by atoms with E-state index in [1.54, 1.807) is 12.0 Å². The van der Waals surface area contributed by atoms with Crippen LogP contribution in [-0.2, 0) is 14.3 Å². The molecule has 0 aromatic heterocycles. The second kappa shape index (κ2) is 8.35. The maximum absolute atomic E-state index is 13.1. The molecular weight excluding hydrogens is 336 g/mol. The molecule has 26 heavy (non-hydrogen) atoms. The first kappa shape index (κ1) is 20.6. The minimum absolute atomic E-state index is 0.260. The Kier molecular flexibility index (Phi) is 6.63. The second-order valence-electron chi connectivity index (χ2n) is 7.85. The molecule has 0 aromatic carbocycles. The number of nitrogens with zero attached hydrogens (tertiary/aromatic N) is 3. The van der Waals surface area contributed by atoms with Crippen LogP contribution >= 0.6 is 0 Å². The van der Waals surface area contributed by atoms with Gasteiger partial charge in [-0.3, -0.25) is 19.4 Å². The van der Waals surface area contributed by atoms with Gasteiger partial charge in [-0.2, -0.15) is 0 Å². The second-order valence-corrected chi connectivity index (χ2v) is 7.85. The van der Waals surface area contributed by atoms with Crippen molar-refractivity contribution in [1.82, 2.24) is 14.7 Å². The van der Waals surface area contributed by atoms with Crippen LogP contribution in [0.3, 0.4) is 0 Å². The highest BCUT2D eigenvalue weighted by Gasteiger charge is 2.58. The lowest BCUT2D eigenvalue weighted by Gasteiger charge is -2.44. The van der Waals surface area contributed by atoms with Gasteiger partial charge in [0.05, 0.1) is 6.61 Å². The van der Waals surface area contributed by atoms with Crippen LogP contribution in [0.2, 0.25) is 0 Å². The molecule has 2 saturated heterocycles. The van der Waals surface area contributed by atoms with E-state index in [0.29, 0.717) is 45.0 Å². The van der Waals surface area contributed by atoms with Crippen molar-refractivity contribution in [3.63, 3.8) is 0 Å². The number of carbonyl (C=O) groups excluding carboxylic acids is 3. The molecule has 4 amide bonds. The van der Waals surface area contributed by atoms with Crippen molar-refractivity contribution in [3.05, 3.63) is 0 Å². The van der Waals surface area contributed by atoms with Crippen molar-refractivity contribution in [2.24, 2.45) is 11.7 Å². The number of hydrogen-bond donors (Lipinski definition) is 1. The van der Waals surface area contributed by atoms with Crippen LogP contribution in [0.15, 0.2) is 0 Å². The van der Waals surface area contributed by atoms with Crippen LogP contribution < -0.4 is 5.73 Å². The van der Waals surface area contributed by atoms with E-state index in [0.717, 1.165) is 11.3 Å². The number of amides is 4. The van der Waals surface area contributed by atoms with Gasteiger partial charge < -0.3 is 15.4 Å². The predicted molar refractivity (Wildman–Crippen MR) is 97.3 cm³/mol. The van der Waals surface area contributed by atoms with Gasteiger partial charge in [0.15, 0.2) is 0 Å². The van der Waals surface area contributed by atoms with E-state index in [1.165, 1.54) is 0 Å². The highest BCUT2D eigenvalue weighted by atomic mass is 16.5. The fourth-order valence-corrected chi connectivity index (χ4v) is 3.94. The summed E-state index contributed by atoms with van der Waals surface area (Å²) in [4.78, 5) is 42.3. The fourth-order valence-electron chi connectivity index (χ4n) is 3.94. The van der Waals surface area contributed by atoms with E-state index in [2.05, 4.69) is 25.7 Å². The molecule has 2 fully saturated rings. The SMILES string of the molecule is COC[C@H](C)N1CCC2(CC1)C(=O)N(CC(N)=O)C(=O)N2CCC(C)C. The molecule has 8 heteroatoms. The van der Waals surface area contributed by atoms with Crippen LogP contribution in [-0.4, -0.2) is 84.0 Å². The number of hydrogen-bond acceptors (Lipinski definition) is 5. The van der Waals surface area contributed by atoms with Gasteiger partial charge in [0, 0.05) is 32.8 Å². The molecule has 2 aliphatic rings. The molecule has 0 unspecified atom stereocenters. The summed E-state index contributed by atoms with van der Waals surface area (Å²) < 4.78 is 5.23. The molecule has 148 valence electrons. The highest BCUT2D eigenvalue weighted by Crippen LogP contribution is 2.38. The molecule has 2 heterocycles. The van der Waals surface area contributed by atoms with Gasteiger partial charge in [-0.25, -0.2) is 4.79 Å². The van der Waals surface area contributed by atoms with Gasteiger partial charge in [-0.15, -0.1) is 0 Å². The summed E-state index contributed by atoms with van der Waals surface area (Å²) in [5.41, 5.74) is 4.41. The molecule has 0 bridgehead atoms. The molecule has 2 rings (SSSR count). The molecule has 2 N–H and O–H groups in total. The number of imide groups is 1. The molecular formula is C18H32N4O4. The Bertz CT molecular complexity index is 543. The molecule has 1 spiro atoms. The fraction of sp³-hybridized carbons (Fsp3) is 0.833. The van der Waals surface area contributed by atoms with Gasteiger partial charge in [0.1, 0.15) is 12.1 Å². The van der Waals surface area contributed by atoms with E-state index in [9.17, 15) is 14.4 Å². The van der Waals surface area contributed by atoms with E-state index < -0.39 is 11.4 Å². The molecule has 1 atom stereocenters. The number of urea groups is 1. The average molecular weight is 368 g/mol. The Hall–Kier alpha value is -1.67. The number of methoxy groups -OCH3 is 1. The number of likely N-dealkylation sites (tertiary alicyclic amines) is 1. The molecule has 8 nitrogen and oxygen atoms in total. The summed E-state index contributed by atoms with van der Waals surface area (Å²) in [6.45, 7) is 8.51. The Balaban J connectivity index is 2.20. The third-order valence-electron chi connectivity index (χ3n) is 5.52. The zero-order valence-electron chi connectivity index (χ0n) is 16.4. The van der Waals surface area contributed by atoms with Crippen molar-refractivity contribution in [2.45, 2.75) is 51.6 Å². The smallest absolute Gasteiger partial charge is 0.328 e. The maximum atomic E-state index is 13.1. The van der Waals surface area contributed by atoms with Crippen molar-refractivity contribution < 1.29 is 19.1 Å². The molecule has 0 aromatic rings. The summed E-state index contributed by atoms with van der Waals surface area (Å²) in [6.07, 6.45) is 1.95. The van der Waals surface area contributed by atoms with E-state index >= 15 is 0 Å². The zero-order chi connectivity index (χ0) is 19.5. The van der Waals surface area contributed by atoms with Gasteiger partial charge >= 0.3 is 6.03 Å². The lowest BCUT2D eigenvalue weighted by Crippen LogP contribution is -2.58. The maximum Gasteiger partial charge on any atom is 0.328 e. The first-order valence-electron chi connectivity index (χ1n) is 9.37. The summed E-state index contributed by atoms with van der Waals surface area (Å²) in [6, 6.07) is -0.122. The normalized spacial score (nSPS) is 21.9. The minimum atomic E-state index is -0.843. The Morgan fingerprint density at radius 1 is 1.23 bits per heavy atom. The number of nitrogens with two attached hydrogens (primary N) is 1. The lowest BCUT2D eigenvalue weighted by molar-refractivity contribution is -0.138. The number of primary amides is 1. The van der Waals surface area contributed by atoms with Crippen LogP contribution in [0.25, 0.3) is 0 Å². The van der Waals surface area contributed by atoms with Crippen molar-refractivity contribution >= 4 is 17.8 Å². The lowest BCUT2D eigenvalue weighted by atomic mass is 9.85. The van der Waals surface area contributed by atoms with Crippen LogP contribution in [0.1, 0.15) is 40.0 Å². The number of carbonyl (C=O) groups is 3. The Morgan fingerprint density at radius 3 is 2.35 bits per heavy atom. The van der Waals surface area contributed by atoms with Gasteiger partial charge in [-0.05, 0) is 32.1 Å². The molecule has 0 radical (unpaired) electrons. The first-order chi connectivity index (χ1) is 12.2. The third kappa shape index (κ3) is 4.01. The summed E-state index contributed by atoms with van der Waals surface area (Å²) >= 11 is 0. The van der Waals surface area contributed by atoms with Gasteiger partial charge in [0.25, 0.3) is 5.91 Å². The highest BCUT2D eigenvalue weighted by molar-refractivity contribution is 6.09. The average Bonchev–Trinajstić information content (AvgIpc) is 2.75. The Labute approximate surface area is 155 Å². The van der Waals surface area contributed by atoms with Crippen molar-refractivity contribution in [3.8, 4) is 0 Å². The first-order valence-corrected chi connectivity index (χ1v) is 9.37. The largest absolute Gasteiger partial charge is 0.383 e. The minimum Gasteiger partial charge on any atom is -0.383 e. The van der Waals surface area contributed by atoms with E-state index in [1.807, 2.05) is 0 Å². The van der Waals surface area contributed by atoms with Crippen molar-refractivity contribution in [2.75, 3.05) is 39.9 Å². The topological polar surface area (TPSA) is 96.2 Å². The molecule has 0 aliphatic carbocycles. The van der Waals surface area contributed by atoms with Crippen LogP contribution in [0.5, 0.6) is 0 Å². The zero-order valence-corrected chi connectivity index (χ0v) is 16.4. The summed E-state index contributed by atoms with van der Waals surface area (Å²) in [5.74, 6) is -0.523. The molecule has 2 aliphatic heterocycles. The molecule has 0 saturated carbocycles. The number of ether oxygens (including phenoxy) is 1. The van der Waals surface area contributed by atoms with Gasteiger partial charge in [0.2, 0.25) is 5.91 Å². The van der Waals surface area contributed by atoms with E-state index in [-0.39, 0.29) is 24.5 Å². The van der Waals surface area contributed by atoms with E-state index in [4.69, 9.17) is 10.5 Å². The monoisotopic (exact) mass is 368 g/mol. The number of piperidine rings is 1. The van der Waals surface area contributed by atoms with Crippen molar-refractivity contribution in [1.29, 1.82) is 0 Å². The summed E-state index contributed by atoms with van der Waals surface area (Å²) in [7, 11) is 1.68.